The van der Waals surface area contributed by atoms with E-state index in [1.807, 2.05) is 0 Å². The highest BCUT2D eigenvalue weighted by molar-refractivity contribution is 6.21. The van der Waals surface area contributed by atoms with Crippen molar-refractivity contribution >= 4 is 11.8 Å². The van der Waals surface area contributed by atoms with Crippen molar-refractivity contribution in [3.8, 4) is 0 Å². The summed E-state index contributed by atoms with van der Waals surface area (Å²) in [7, 11) is 0. The van der Waals surface area contributed by atoms with Crippen molar-refractivity contribution in [1.82, 2.24) is 4.90 Å². The molecule has 1 aromatic rings. The highest BCUT2D eigenvalue weighted by Gasteiger charge is 2.45. The highest BCUT2D eigenvalue weighted by Crippen LogP contribution is 2.28. The van der Waals surface area contributed by atoms with Crippen LogP contribution in [0.5, 0.6) is 0 Å². The van der Waals surface area contributed by atoms with Crippen LogP contribution in [-0.2, 0) is 0 Å². The third-order valence-corrected chi connectivity index (χ3v) is 3.68. The molecule has 3 rings (SSSR count). The van der Waals surface area contributed by atoms with Crippen LogP contribution in [0.25, 0.3) is 0 Å². The summed E-state index contributed by atoms with van der Waals surface area (Å²) in [4.78, 5) is 25.4. The molecule has 0 saturated carbocycles. The van der Waals surface area contributed by atoms with Gasteiger partial charge in [-0.3, -0.25) is 14.5 Å². The fourth-order valence-electron chi connectivity index (χ4n) is 2.58. The molecule has 0 bridgehead atoms. The summed E-state index contributed by atoms with van der Waals surface area (Å²) in [5.41, 5.74) is 0.553. The maximum absolute atomic E-state index is 12.3. The molecular weight excluding hydrogens is 262 g/mol. The summed E-state index contributed by atoms with van der Waals surface area (Å²) < 4.78 is 0. The van der Waals surface area contributed by atoms with E-state index in [2.05, 4.69) is 0 Å². The van der Waals surface area contributed by atoms with E-state index in [0.29, 0.717) is 0 Å². The van der Waals surface area contributed by atoms with Crippen molar-refractivity contribution in [2.45, 2.75) is 24.4 Å². The van der Waals surface area contributed by atoms with Gasteiger partial charge >= 0.3 is 0 Å². The lowest BCUT2D eigenvalue weighted by atomic mass is 9.93. The minimum absolute atomic E-state index is 0.277. The fraction of sp³-hybridized carbons (Fsp3) is 0.286. The first-order chi connectivity index (χ1) is 9.52. The number of hydrogen-bond donors (Lipinski definition) is 3. The van der Waals surface area contributed by atoms with E-state index in [-0.39, 0.29) is 11.1 Å². The van der Waals surface area contributed by atoms with Gasteiger partial charge in [0.25, 0.3) is 11.8 Å². The van der Waals surface area contributed by atoms with Crippen LogP contribution in [-0.4, -0.2) is 56.4 Å². The number of amides is 2. The molecule has 6 nitrogen and oxygen atoms in total. The second-order valence-electron chi connectivity index (χ2n) is 4.87. The maximum atomic E-state index is 12.3. The van der Waals surface area contributed by atoms with Gasteiger partial charge in [-0.05, 0) is 12.1 Å². The SMILES string of the molecule is O=C1c2ccccc2C(=O)N1[C@@H]1C=C[C@@H](O)[C@H](O)[C@H]1O. The van der Waals surface area contributed by atoms with Gasteiger partial charge in [0.05, 0.1) is 17.2 Å². The van der Waals surface area contributed by atoms with Gasteiger partial charge in [-0.25, -0.2) is 0 Å². The van der Waals surface area contributed by atoms with Crippen LogP contribution in [0, 0.1) is 0 Å². The van der Waals surface area contributed by atoms with Gasteiger partial charge < -0.3 is 15.3 Å². The number of carbonyl (C=O) groups excluding carboxylic acids is 2. The van der Waals surface area contributed by atoms with Gasteiger partial charge in [0.15, 0.2) is 0 Å². The van der Waals surface area contributed by atoms with Gasteiger partial charge in [0.1, 0.15) is 18.3 Å². The van der Waals surface area contributed by atoms with Crippen LogP contribution < -0.4 is 0 Å². The Balaban J connectivity index is 1.99. The van der Waals surface area contributed by atoms with Gasteiger partial charge in [-0.15, -0.1) is 0 Å². The zero-order valence-corrected chi connectivity index (χ0v) is 10.4. The summed E-state index contributed by atoms with van der Waals surface area (Å²) in [5, 5.41) is 29.1. The number of fused-ring (bicyclic) bond motifs is 1. The Hall–Kier alpha value is -2.02. The molecule has 0 aromatic heterocycles. The van der Waals surface area contributed by atoms with Crippen molar-refractivity contribution < 1.29 is 24.9 Å². The van der Waals surface area contributed by atoms with Gasteiger partial charge in [0, 0.05) is 0 Å². The van der Waals surface area contributed by atoms with E-state index in [4.69, 9.17) is 0 Å². The molecule has 0 saturated heterocycles. The van der Waals surface area contributed by atoms with E-state index in [9.17, 15) is 24.9 Å². The molecule has 2 aliphatic rings. The Kier molecular flexibility index (Phi) is 2.93. The molecule has 104 valence electrons. The molecular formula is C14H13NO5. The van der Waals surface area contributed by atoms with Crippen LogP contribution >= 0.6 is 0 Å². The predicted molar refractivity (Wildman–Crippen MR) is 67.9 cm³/mol. The number of aliphatic hydroxyl groups is 3. The van der Waals surface area contributed by atoms with Crippen molar-refractivity contribution in [3.63, 3.8) is 0 Å². The Morgan fingerprint density at radius 3 is 1.95 bits per heavy atom. The summed E-state index contributed by atoms with van der Waals surface area (Å²) in [6.45, 7) is 0. The molecule has 0 radical (unpaired) electrons. The first-order valence-electron chi connectivity index (χ1n) is 6.22. The Morgan fingerprint density at radius 1 is 0.850 bits per heavy atom. The van der Waals surface area contributed by atoms with Gasteiger partial charge in [-0.1, -0.05) is 24.3 Å². The van der Waals surface area contributed by atoms with E-state index in [1.54, 1.807) is 24.3 Å². The molecule has 4 atom stereocenters. The third kappa shape index (κ3) is 1.70. The molecule has 1 heterocycles. The summed E-state index contributed by atoms with van der Waals surface area (Å²) in [5.74, 6) is -1.02. The third-order valence-electron chi connectivity index (χ3n) is 3.68. The Bertz CT molecular complexity index is 576. The predicted octanol–water partition coefficient (Wildman–Crippen LogP) is -0.696. The molecule has 3 N–H and O–H groups in total. The van der Waals surface area contributed by atoms with Crippen LogP contribution in [0.1, 0.15) is 20.7 Å². The van der Waals surface area contributed by atoms with Crippen molar-refractivity contribution in [2.75, 3.05) is 0 Å². The standard InChI is InChI=1S/C14H13NO5/c16-10-6-5-9(11(17)12(10)18)15-13(19)7-3-1-2-4-8(7)14(15)20/h1-6,9-12,16-18H/t9-,10-,11+,12+/m1/s1. The van der Waals surface area contributed by atoms with Crippen LogP contribution in [0.15, 0.2) is 36.4 Å². The number of nitrogens with zero attached hydrogens (tertiary/aromatic N) is 1. The number of aliphatic hydroxyl groups excluding tert-OH is 3. The topological polar surface area (TPSA) is 98.1 Å². The molecule has 0 fully saturated rings. The second kappa shape index (κ2) is 4.52. The molecule has 1 aliphatic heterocycles. The van der Waals surface area contributed by atoms with Crippen LogP contribution in [0.4, 0.5) is 0 Å². The average molecular weight is 275 g/mol. The normalized spacial score (nSPS) is 32.6. The quantitative estimate of drug-likeness (QED) is 0.465. The largest absolute Gasteiger partial charge is 0.388 e. The molecule has 2 amide bonds. The van der Waals surface area contributed by atoms with E-state index in [1.165, 1.54) is 12.2 Å². The van der Waals surface area contributed by atoms with Crippen molar-refractivity contribution in [3.05, 3.63) is 47.5 Å². The second-order valence-corrected chi connectivity index (χ2v) is 4.87. The van der Waals surface area contributed by atoms with E-state index < -0.39 is 36.2 Å². The first-order valence-corrected chi connectivity index (χ1v) is 6.22. The summed E-state index contributed by atoms with van der Waals surface area (Å²) in [6, 6.07) is 5.40. The van der Waals surface area contributed by atoms with E-state index in [0.717, 1.165) is 4.90 Å². The summed E-state index contributed by atoms with van der Waals surface area (Å²) >= 11 is 0. The lowest BCUT2D eigenvalue weighted by Crippen LogP contribution is -2.55. The fourth-order valence-corrected chi connectivity index (χ4v) is 2.58. The van der Waals surface area contributed by atoms with Crippen LogP contribution in [0.2, 0.25) is 0 Å². The number of carbonyl (C=O) groups is 2. The minimum atomic E-state index is -1.44. The first kappa shape index (κ1) is 13.0. The maximum Gasteiger partial charge on any atom is 0.262 e. The Morgan fingerprint density at radius 2 is 1.40 bits per heavy atom. The van der Waals surface area contributed by atoms with Crippen LogP contribution in [0.3, 0.4) is 0 Å². The number of rotatable bonds is 1. The smallest absolute Gasteiger partial charge is 0.262 e. The summed E-state index contributed by atoms with van der Waals surface area (Å²) in [6.07, 6.45) is -1.43. The van der Waals surface area contributed by atoms with E-state index >= 15 is 0 Å². The lowest BCUT2D eigenvalue weighted by Gasteiger charge is -2.35. The van der Waals surface area contributed by atoms with Crippen molar-refractivity contribution in [2.24, 2.45) is 0 Å². The molecule has 1 aliphatic carbocycles. The van der Waals surface area contributed by atoms with Gasteiger partial charge in [0.2, 0.25) is 0 Å². The zero-order chi connectivity index (χ0) is 14.4. The zero-order valence-electron chi connectivity index (χ0n) is 10.4. The van der Waals surface area contributed by atoms with Crippen molar-refractivity contribution in [1.29, 1.82) is 0 Å². The number of benzene rings is 1. The molecule has 20 heavy (non-hydrogen) atoms. The number of imide groups is 1. The lowest BCUT2D eigenvalue weighted by molar-refractivity contribution is -0.0676. The monoisotopic (exact) mass is 275 g/mol. The average Bonchev–Trinajstić information content (AvgIpc) is 2.70. The van der Waals surface area contributed by atoms with Gasteiger partial charge in [-0.2, -0.15) is 0 Å². The Labute approximate surface area is 114 Å². The molecule has 1 aromatic carbocycles. The molecule has 6 heteroatoms. The minimum Gasteiger partial charge on any atom is -0.388 e. The molecule has 0 unspecified atom stereocenters. The number of hydrogen-bond acceptors (Lipinski definition) is 5. The highest BCUT2D eigenvalue weighted by atomic mass is 16.4. The molecule has 0 spiro atoms.